The fourth-order valence-electron chi connectivity index (χ4n) is 2.55. The van der Waals surface area contributed by atoms with Crippen molar-refractivity contribution in [1.29, 1.82) is 0 Å². The van der Waals surface area contributed by atoms with E-state index < -0.39 is 12.1 Å². The zero-order valence-electron chi connectivity index (χ0n) is 10.7. The molecule has 0 radical (unpaired) electrons. The van der Waals surface area contributed by atoms with Gasteiger partial charge in [0.25, 0.3) is 0 Å². The topological polar surface area (TPSA) is 41.6 Å². The quantitative estimate of drug-likeness (QED) is 0.825. The molecule has 19 heavy (non-hydrogen) atoms. The summed E-state index contributed by atoms with van der Waals surface area (Å²) in [4.78, 5) is 13.5. The molecule has 7 heteroatoms. The molecule has 2 aliphatic rings. The number of nitrogens with one attached hydrogen (secondary N) is 1. The first kappa shape index (κ1) is 14.6. The molecular formula is C12H19F3N2O2. The van der Waals surface area contributed by atoms with Gasteiger partial charge in [-0.05, 0) is 12.8 Å². The maximum Gasteiger partial charge on any atom is 0.391 e. The maximum absolute atomic E-state index is 12.5. The molecule has 4 nitrogen and oxygen atoms in total. The first-order chi connectivity index (χ1) is 8.97. The van der Waals surface area contributed by atoms with Crippen LogP contribution in [0.5, 0.6) is 0 Å². The van der Waals surface area contributed by atoms with E-state index in [9.17, 15) is 18.0 Å². The van der Waals surface area contributed by atoms with Crippen LogP contribution in [0.2, 0.25) is 0 Å². The number of amides is 1. The molecule has 110 valence electrons. The van der Waals surface area contributed by atoms with Gasteiger partial charge in [0, 0.05) is 32.1 Å². The Hall–Kier alpha value is -0.820. The number of rotatable bonds is 2. The number of alkyl halides is 3. The standard InChI is InChI=1S/C12H19F3N2O2/c13-12(14,15)9-1-4-17(5-2-9)11(18)7-10-8-19-6-3-16-10/h9-10,16H,1-8H2. The molecule has 0 spiro atoms. The van der Waals surface area contributed by atoms with Crippen LogP contribution in [0.3, 0.4) is 0 Å². The summed E-state index contributed by atoms with van der Waals surface area (Å²) < 4.78 is 42.8. The molecule has 1 N–H and O–H groups in total. The molecule has 0 saturated carbocycles. The van der Waals surface area contributed by atoms with Crippen LogP contribution in [0.25, 0.3) is 0 Å². The summed E-state index contributed by atoms with van der Waals surface area (Å²) in [6.45, 7) is 2.26. The van der Waals surface area contributed by atoms with Gasteiger partial charge in [0.15, 0.2) is 0 Å². The van der Waals surface area contributed by atoms with Crippen LogP contribution in [0.1, 0.15) is 19.3 Å². The number of ether oxygens (including phenoxy) is 1. The summed E-state index contributed by atoms with van der Waals surface area (Å²) in [5, 5.41) is 3.17. The third-order valence-corrected chi connectivity index (χ3v) is 3.73. The molecule has 2 heterocycles. The highest BCUT2D eigenvalue weighted by molar-refractivity contribution is 5.77. The van der Waals surface area contributed by atoms with Crippen molar-refractivity contribution in [2.45, 2.75) is 31.5 Å². The number of nitrogens with zero attached hydrogens (tertiary/aromatic N) is 1. The number of morpholine rings is 1. The summed E-state index contributed by atoms with van der Waals surface area (Å²) in [6, 6.07) is -0.0124. The monoisotopic (exact) mass is 280 g/mol. The van der Waals surface area contributed by atoms with Crippen LogP contribution in [-0.4, -0.2) is 55.9 Å². The minimum Gasteiger partial charge on any atom is -0.378 e. The minimum atomic E-state index is -4.13. The van der Waals surface area contributed by atoms with Gasteiger partial charge in [-0.15, -0.1) is 0 Å². The van der Waals surface area contributed by atoms with Gasteiger partial charge >= 0.3 is 6.18 Å². The van der Waals surface area contributed by atoms with E-state index in [-0.39, 0.29) is 37.9 Å². The van der Waals surface area contributed by atoms with E-state index >= 15 is 0 Å². The number of hydrogen-bond donors (Lipinski definition) is 1. The van der Waals surface area contributed by atoms with E-state index in [1.165, 1.54) is 0 Å². The number of hydrogen-bond acceptors (Lipinski definition) is 3. The lowest BCUT2D eigenvalue weighted by atomic mass is 9.96. The summed E-state index contributed by atoms with van der Waals surface area (Å²) in [5.74, 6) is -1.34. The van der Waals surface area contributed by atoms with E-state index in [0.717, 1.165) is 0 Å². The van der Waals surface area contributed by atoms with Gasteiger partial charge in [0.1, 0.15) is 0 Å². The van der Waals surface area contributed by atoms with Crippen LogP contribution in [0, 0.1) is 5.92 Å². The smallest absolute Gasteiger partial charge is 0.378 e. The Morgan fingerprint density at radius 2 is 2.00 bits per heavy atom. The first-order valence-electron chi connectivity index (χ1n) is 6.62. The van der Waals surface area contributed by atoms with Crippen LogP contribution >= 0.6 is 0 Å². The predicted octanol–water partition coefficient (Wildman–Crippen LogP) is 1.17. The number of halogens is 3. The van der Waals surface area contributed by atoms with Crippen molar-refractivity contribution in [2.24, 2.45) is 5.92 Å². The Morgan fingerprint density at radius 1 is 1.32 bits per heavy atom. The molecule has 2 saturated heterocycles. The normalized spacial score (nSPS) is 26.5. The van der Waals surface area contributed by atoms with Crippen LogP contribution in [-0.2, 0) is 9.53 Å². The average Bonchev–Trinajstić information content (AvgIpc) is 2.39. The van der Waals surface area contributed by atoms with E-state index in [0.29, 0.717) is 26.2 Å². The maximum atomic E-state index is 12.5. The van der Waals surface area contributed by atoms with Crippen molar-refractivity contribution >= 4 is 5.91 Å². The third-order valence-electron chi connectivity index (χ3n) is 3.73. The van der Waals surface area contributed by atoms with E-state index in [1.54, 1.807) is 4.90 Å². The molecular weight excluding hydrogens is 261 g/mol. The van der Waals surface area contributed by atoms with Crippen molar-refractivity contribution in [3.05, 3.63) is 0 Å². The Labute approximate surface area is 110 Å². The summed E-state index contributed by atoms with van der Waals surface area (Å²) in [5.41, 5.74) is 0. The molecule has 1 atom stereocenters. The van der Waals surface area contributed by atoms with Gasteiger partial charge in [-0.2, -0.15) is 13.2 Å². The molecule has 1 unspecified atom stereocenters. The van der Waals surface area contributed by atoms with Gasteiger partial charge in [-0.3, -0.25) is 4.79 Å². The Balaban J connectivity index is 1.76. The third kappa shape index (κ3) is 4.07. The highest BCUT2D eigenvalue weighted by atomic mass is 19.4. The zero-order chi connectivity index (χ0) is 13.9. The molecule has 2 aliphatic heterocycles. The lowest BCUT2D eigenvalue weighted by Gasteiger charge is -2.34. The average molecular weight is 280 g/mol. The zero-order valence-corrected chi connectivity index (χ0v) is 10.7. The largest absolute Gasteiger partial charge is 0.391 e. The minimum absolute atomic E-state index is 0.0124. The highest BCUT2D eigenvalue weighted by Crippen LogP contribution is 2.34. The van der Waals surface area contributed by atoms with Gasteiger partial charge in [0.2, 0.25) is 5.91 Å². The lowest BCUT2D eigenvalue weighted by molar-refractivity contribution is -0.186. The lowest BCUT2D eigenvalue weighted by Crippen LogP contribution is -2.47. The molecule has 0 aromatic rings. The second-order valence-electron chi connectivity index (χ2n) is 5.13. The van der Waals surface area contributed by atoms with Crippen LogP contribution in [0.15, 0.2) is 0 Å². The second-order valence-corrected chi connectivity index (χ2v) is 5.13. The fourth-order valence-corrected chi connectivity index (χ4v) is 2.55. The second kappa shape index (κ2) is 6.09. The molecule has 0 aromatic carbocycles. The van der Waals surface area contributed by atoms with Crippen LogP contribution < -0.4 is 5.32 Å². The van der Waals surface area contributed by atoms with Gasteiger partial charge < -0.3 is 15.0 Å². The molecule has 0 bridgehead atoms. The predicted molar refractivity (Wildman–Crippen MR) is 62.6 cm³/mol. The number of carbonyl (C=O) groups is 1. The van der Waals surface area contributed by atoms with Crippen LogP contribution in [0.4, 0.5) is 13.2 Å². The molecule has 1 amide bonds. The van der Waals surface area contributed by atoms with E-state index in [2.05, 4.69) is 5.32 Å². The number of carbonyl (C=O) groups excluding carboxylic acids is 1. The van der Waals surface area contributed by atoms with E-state index in [4.69, 9.17) is 4.74 Å². The summed E-state index contributed by atoms with van der Waals surface area (Å²) in [7, 11) is 0. The summed E-state index contributed by atoms with van der Waals surface area (Å²) in [6.07, 6.45) is -3.79. The van der Waals surface area contributed by atoms with Gasteiger partial charge in [-0.25, -0.2) is 0 Å². The van der Waals surface area contributed by atoms with Crippen molar-refractivity contribution in [1.82, 2.24) is 10.2 Å². The number of piperidine rings is 1. The molecule has 0 aliphatic carbocycles. The molecule has 0 aromatic heterocycles. The first-order valence-corrected chi connectivity index (χ1v) is 6.62. The fraction of sp³-hybridized carbons (Fsp3) is 0.917. The van der Waals surface area contributed by atoms with Gasteiger partial charge in [0.05, 0.1) is 19.1 Å². The van der Waals surface area contributed by atoms with Crippen molar-refractivity contribution in [3.8, 4) is 0 Å². The Morgan fingerprint density at radius 3 is 2.53 bits per heavy atom. The van der Waals surface area contributed by atoms with Crippen molar-refractivity contribution in [2.75, 3.05) is 32.8 Å². The van der Waals surface area contributed by atoms with Gasteiger partial charge in [-0.1, -0.05) is 0 Å². The van der Waals surface area contributed by atoms with Crippen molar-refractivity contribution < 1.29 is 22.7 Å². The van der Waals surface area contributed by atoms with Crippen molar-refractivity contribution in [3.63, 3.8) is 0 Å². The molecule has 2 fully saturated rings. The SMILES string of the molecule is O=C(CC1COCCN1)N1CCC(C(F)(F)F)CC1. The highest BCUT2D eigenvalue weighted by Gasteiger charge is 2.41. The Bertz CT molecular complexity index is 309. The van der Waals surface area contributed by atoms with E-state index in [1.807, 2.05) is 0 Å². The Kier molecular flexibility index (Phi) is 4.67. The number of likely N-dealkylation sites (tertiary alicyclic amines) is 1. The molecule has 2 rings (SSSR count). The summed E-state index contributed by atoms with van der Waals surface area (Å²) >= 11 is 0.